The predicted octanol–water partition coefficient (Wildman–Crippen LogP) is 3.16. The zero-order chi connectivity index (χ0) is 24.7. The van der Waals surface area contributed by atoms with E-state index in [1.165, 1.54) is 24.3 Å². The number of rotatable bonds is 5. The van der Waals surface area contributed by atoms with E-state index < -0.39 is 23.4 Å². The number of nitrogens with one attached hydrogen (secondary N) is 2. The van der Waals surface area contributed by atoms with Crippen molar-refractivity contribution in [3.05, 3.63) is 40.7 Å². The molecule has 2 fully saturated rings. The number of thiazole rings is 1. The first kappa shape index (κ1) is 24.1. The number of halogens is 3. The van der Waals surface area contributed by atoms with E-state index in [1.54, 1.807) is 6.20 Å². The minimum Gasteiger partial charge on any atom is -0.323 e. The quantitative estimate of drug-likeness (QED) is 0.616. The smallest absolute Gasteiger partial charge is 0.323 e. The average molecular weight is 497 g/mol. The van der Waals surface area contributed by atoms with E-state index in [0.717, 1.165) is 22.0 Å². The fourth-order valence-electron chi connectivity index (χ4n) is 4.19. The molecule has 1 atom stereocenters. The first-order valence-electron chi connectivity index (χ1n) is 10.6. The first-order valence-corrected chi connectivity index (χ1v) is 11.4. The second-order valence-corrected chi connectivity index (χ2v) is 9.48. The van der Waals surface area contributed by atoms with Gasteiger partial charge < -0.3 is 10.6 Å². The van der Waals surface area contributed by atoms with Gasteiger partial charge in [0, 0.05) is 43.3 Å². The van der Waals surface area contributed by atoms with Crippen molar-refractivity contribution in [3.8, 4) is 0 Å². The summed E-state index contributed by atoms with van der Waals surface area (Å²) in [6, 6.07) is 1.50. The summed E-state index contributed by atoms with van der Waals surface area (Å²) in [4.78, 5) is 48.7. The van der Waals surface area contributed by atoms with E-state index in [2.05, 4.69) is 25.5 Å². The number of aromatic nitrogens is 2. The van der Waals surface area contributed by atoms with Crippen LogP contribution < -0.4 is 10.6 Å². The van der Waals surface area contributed by atoms with E-state index in [0.29, 0.717) is 36.6 Å². The maximum atomic E-state index is 13.2. The molecule has 2 aliphatic heterocycles. The summed E-state index contributed by atoms with van der Waals surface area (Å²) in [5, 5.41) is 5.99. The number of hydrogen-bond donors (Lipinski definition) is 2. The predicted molar refractivity (Wildman–Crippen MR) is 117 cm³/mol. The number of anilines is 1. The van der Waals surface area contributed by atoms with Crippen molar-refractivity contribution in [2.24, 2.45) is 0 Å². The molecule has 0 bridgehead atoms. The Morgan fingerprint density at radius 2 is 1.94 bits per heavy atom. The molecule has 4 amide bonds. The van der Waals surface area contributed by atoms with Gasteiger partial charge in [-0.25, -0.2) is 9.78 Å². The summed E-state index contributed by atoms with van der Waals surface area (Å²) in [6.07, 6.45) is -1.00. The number of hydrogen-bond acceptors (Lipinski definition) is 7. The van der Waals surface area contributed by atoms with Crippen LogP contribution in [0.15, 0.2) is 24.5 Å². The number of nitrogens with zero attached hydrogens (tertiary/aromatic N) is 4. The molecule has 2 aromatic heterocycles. The zero-order valence-electron chi connectivity index (χ0n) is 18.5. The largest absolute Gasteiger partial charge is 0.433 e. The highest BCUT2D eigenvalue weighted by Gasteiger charge is 2.52. The molecule has 13 heteroatoms. The summed E-state index contributed by atoms with van der Waals surface area (Å²) in [7, 11) is 0. The molecule has 1 spiro atoms. The van der Waals surface area contributed by atoms with Crippen LogP contribution >= 0.6 is 11.3 Å². The van der Waals surface area contributed by atoms with Crippen molar-refractivity contribution < 1.29 is 27.6 Å². The molecular formula is C21H23F3N6O3S. The maximum Gasteiger partial charge on any atom is 0.433 e. The lowest BCUT2D eigenvalue weighted by atomic mass is 9.87. The van der Waals surface area contributed by atoms with Gasteiger partial charge in [-0.2, -0.15) is 13.2 Å². The third kappa shape index (κ3) is 4.75. The Hall–Kier alpha value is -3.06. The van der Waals surface area contributed by atoms with Crippen LogP contribution in [0.5, 0.6) is 0 Å². The zero-order valence-corrected chi connectivity index (χ0v) is 19.3. The van der Waals surface area contributed by atoms with Crippen molar-refractivity contribution in [2.45, 2.75) is 51.0 Å². The topological polar surface area (TPSA) is 108 Å². The lowest BCUT2D eigenvalue weighted by molar-refractivity contribution is -0.141. The molecule has 34 heavy (non-hydrogen) atoms. The second-order valence-electron chi connectivity index (χ2n) is 8.41. The summed E-state index contributed by atoms with van der Waals surface area (Å²) < 4.78 is 38.2. The highest BCUT2D eigenvalue weighted by atomic mass is 32.1. The molecule has 4 heterocycles. The van der Waals surface area contributed by atoms with Crippen LogP contribution in [0, 0.1) is 0 Å². The fraction of sp³-hybridized carbons (Fsp3) is 0.476. The molecule has 0 aliphatic carbocycles. The van der Waals surface area contributed by atoms with Gasteiger partial charge in [-0.05, 0) is 31.4 Å². The van der Waals surface area contributed by atoms with Gasteiger partial charge in [0.25, 0.3) is 5.91 Å². The number of urea groups is 1. The fourth-order valence-corrected chi connectivity index (χ4v) is 5.14. The summed E-state index contributed by atoms with van der Waals surface area (Å²) in [6.45, 7) is 4.39. The molecule has 2 aliphatic rings. The standard InChI is InChI=1S/C21H23F3N6O3S/c1-12(15-10-26-18(34-15)27-13(2)31)29-7-5-20(6-8-29)17(32)30(19(33)28-20)11-14-3-4-16(25-9-14)21(22,23)24/h3-4,9-10,12H,5-8,11H2,1-2H3,(H,28,33)(H,26,27,31). The minimum absolute atomic E-state index is 0.0129. The van der Waals surface area contributed by atoms with E-state index in [4.69, 9.17) is 0 Å². The Morgan fingerprint density at radius 3 is 2.53 bits per heavy atom. The number of piperidine rings is 1. The third-order valence-corrected chi connectivity index (χ3v) is 7.20. The minimum atomic E-state index is -4.56. The number of alkyl halides is 3. The molecule has 1 unspecified atom stereocenters. The molecule has 4 rings (SSSR count). The SMILES string of the molecule is CC(=O)Nc1ncc(C(C)N2CCC3(CC2)NC(=O)N(Cc2ccc(C(F)(F)F)nc2)C3=O)s1. The Labute approximate surface area is 197 Å². The molecule has 2 saturated heterocycles. The van der Waals surface area contributed by atoms with Gasteiger partial charge in [-0.3, -0.25) is 24.4 Å². The molecule has 2 N–H and O–H groups in total. The normalized spacial score (nSPS) is 19.4. The van der Waals surface area contributed by atoms with Crippen LogP contribution in [-0.2, 0) is 22.3 Å². The van der Waals surface area contributed by atoms with Crippen LogP contribution in [0.3, 0.4) is 0 Å². The number of carbonyl (C=O) groups is 3. The van der Waals surface area contributed by atoms with Crippen molar-refractivity contribution in [3.63, 3.8) is 0 Å². The lowest BCUT2D eigenvalue weighted by Crippen LogP contribution is -2.55. The van der Waals surface area contributed by atoms with Gasteiger partial charge in [-0.1, -0.05) is 6.07 Å². The van der Waals surface area contributed by atoms with Crippen LogP contribution in [0.2, 0.25) is 0 Å². The summed E-state index contributed by atoms with van der Waals surface area (Å²) in [5.41, 5.74) is -1.72. The number of carbonyl (C=O) groups excluding carboxylic acids is 3. The Bertz CT molecular complexity index is 1100. The maximum absolute atomic E-state index is 13.2. The summed E-state index contributed by atoms with van der Waals surface area (Å²) in [5.74, 6) is -0.573. The van der Waals surface area contributed by atoms with E-state index in [9.17, 15) is 27.6 Å². The van der Waals surface area contributed by atoms with Gasteiger partial charge in [0.2, 0.25) is 5.91 Å². The van der Waals surface area contributed by atoms with E-state index >= 15 is 0 Å². The van der Waals surface area contributed by atoms with Crippen molar-refractivity contribution >= 4 is 34.3 Å². The van der Waals surface area contributed by atoms with Gasteiger partial charge in [-0.15, -0.1) is 11.3 Å². The Morgan fingerprint density at radius 1 is 1.24 bits per heavy atom. The average Bonchev–Trinajstić information content (AvgIpc) is 3.32. The number of pyridine rings is 1. The van der Waals surface area contributed by atoms with Gasteiger partial charge in [0.1, 0.15) is 11.2 Å². The Kier molecular flexibility index (Phi) is 6.34. The molecule has 0 aromatic carbocycles. The molecule has 182 valence electrons. The summed E-state index contributed by atoms with van der Waals surface area (Å²) >= 11 is 1.39. The van der Waals surface area contributed by atoms with Crippen LogP contribution in [0.1, 0.15) is 48.9 Å². The number of imide groups is 1. The third-order valence-electron chi connectivity index (χ3n) is 6.12. The molecular weight excluding hydrogens is 473 g/mol. The van der Waals surface area contributed by atoms with Crippen molar-refractivity contribution in [1.29, 1.82) is 0 Å². The second kappa shape index (κ2) is 8.95. The van der Waals surface area contributed by atoms with Gasteiger partial charge >= 0.3 is 12.2 Å². The monoisotopic (exact) mass is 496 g/mol. The lowest BCUT2D eigenvalue weighted by Gasteiger charge is -2.39. The highest BCUT2D eigenvalue weighted by molar-refractivity contribution is 7.15. The van der Waals surface area contributed by atoms with Crippen molar-refractivity contribution in [1.82, 2.24) is 25.1 Å². The molecule has 0 radical (unpaired) electrons. The number of likely N-dealkylation sites (tertiary alicyclic amines) is 1. The first-order chi connectivity index (χ1) is 16.0. The van der Waals surface area contributed by atoms with Gasteiger partial charge in [0.15, 0.2) is 5.13 Å². The molecule has 9 nitrogen and oxygen atoms in total. The Balaban J connectivity index is 1.38. The van der Waals surface area contributed by atoms with E-state index in [1.807, 2.05) is 6.92 Å². The molecule has 0 saturated carbocycles. The van der Waals surface area contributed by atoms with Crippen LogP contribution in [0.25, 0.3) is 0 Å². The highest BCUT2D eigenvalue weighted by Crippen LogP contribution is 2.36. The van der Waals surface area contributed by atoms with E-state index in [-0.39, 0.29) is 24.4 Å². The van der Waals surface area contributed by atoms with Crippen molar-refractivity contribution in [2.75, 3.05) is 18.4 Å². The van der Waals surface area contributed by atoms with Crippen LogP contribution in [-0.4, -0.2) is 56.2 Å². The van der Waals surface area contributed by atoms with Gasteiger partial charge in [0.05, 0.1) is 6.54 Å². The molecule has 2 aromatic rings. The number of amides is 4. The van der Waals surface area contributed by atoms with Crippen LogP contribution in [0.4, 0.5) is 23.1 Å².